The van der Waals surface area contributed by atoms with Gasteiger partial charge in [-0.15, -0.1) is 0 Å². The van der Waals surface area contributed by atoms with Gasteiger partial charge in [-0.2, -0.15) is 5.10 Å². The van der Waals surface area contributed by atoms with Gasteiger partial charge >= 0.3 is 0 Å². The molecular formula is C20H16N4O. The Morgan fingerprint density at radius 2 is 1.80 bits per heavy atom. The first kappa shape index (κ1) is 15.2. The molecule has 3 aromatic rings. The van der Waals surface area contributed by atoms with E-state index in [1.54, 1.807) is 35.7 Å². The van der Waals surface area contributed by atoms with Crippen LogP contribution in [0.3, 0.4) is 0 Å². The first-order valence-electron chi connectivity index (χ1n) is 8.10. The van der Waals surface area contributed by atoms with E-state index in [2.05, 4.69) is 15.1 Å². The van der Waals surface area contributed by atoms with Gasteiger partial charge in [0.1, 0.15) is 0 Å². The first-order valence-corrected chi connectivity index (χ1v) is 8.10. The van der Waals surface area contributed by atoms with E-state index in [0.29, 0.717) is 12.0 Å². The number of hydrogen-bond acceptors (Lipinski definition) is 4. The molecule has 0 fully saturated rings. The van der Waals surface area contributed by atoms with Gasteiger partial charge in [0, 0.05) is 30.6 Å². The van der Waals surface area contributed by atoms with Gasteiger partial charge in [0.25, 0.3) is 5.91 Å². The molecule has 122 valence electrons. The molecule has 4 rings (SSSR count). The molecule has 3 heterocycles. The molecule has 0 bridgehead atoms. The van der Waals surface area contributed by atoms with Crippen LogP contribution in [-0.4, -0.2) is 26.6 Å². The van der Waals surface area contributed by atoms with Gasteiger partial charge in [-0.05, 0) is 35.9 Å². The lowest BCUT2D eigenvalue weighted by atomic mass is 10.0. The average Bonchev–Trinajstić information content (AvgIpc) is 3.15. The molecule has 0 saturated carbocycles. The highest BCUT2D eigenvalue weighted by molar-refractivity contribution is 6.03. The maximum absolute atomic E-state index is 13.0. The molecule has 1 aliphatic heterocycles. The standard InChI is InChI=1S/C20H16N4O/c25-20(15-7-2-1-3-8-15)24-19(16-9-6-11-21-14-16)13-18(23-24)17-10-4-5-12-22-17/h1-12,14,19H,13H2. The molecule has 25 heavy (non-hydrogen) atoms. The van der Waals surface area contributed by atoms with Gasteiger partial charge in [-0.1, -0.05) is 30.3 Å². The van der Waals surface area contributed by atoms with E-state index in [1.807, 2.05) is 48.5 Å². The smallest absolute Gasteiger partial charge is 0.267 e. The molecule has 1 amide bonds. The predicted octanol–water partition coefficient (Wildman–Crippen LogP) is 3.47. The minimum Gasteiger partial charge on any atom is -0.267 e. The molecule has 0 aliphatic carbocycles. The predicted molar refractivity (Wildman–Crippen MR) is 95.0 cm³/mol. The Labute approximate surface area is 145 Å². The summed E-state index contributed by atoms with van der Waals surface area (Å²) in [7, 11) is 0. The van der Waals surface area contributed by atoms with Crippen molar-refractivity contribution in [3.8, 4) is 0 Å². The summed E-state index contributed by atoms with van der Waals surface area (Å²) < 4.78 is 0. The van der Waals surface area contributed by atoms with Crippen LogP contribution in [0.1, 0.15) is 34.1 Å². The fourth-order valence-corrected chi connectivity index (χ4v) is 2.93. The largest absolute Gasteiger partial charge is 0.274 e. The lowest BCUT2D eigenvalue weighted by Crippen LogP contribution is -2.27. The number of hydrazone groups is 1. The van der Waals surface area contributed by atoms with E-state index in [0.717, 1.165) is 17.0 Å². The van der Waals surface area contributed by atoms with Gasteiger partial charge < -0.3 is 0 Å². The maximum atomic E-state index is 13.0. The molecule has 0 radical (unpaired) electrons. The zero-order chi connectivity index (χ0) is 17.1. The van der Waals surface area contributed by atoms with Crippen LogP contribution in [-0.2, 0) is 0 Å². The quantitative estimate of drug-likeness (QED) is 0.740. The van der Waals surface area contributed by atoms with Crippen molar-refractivity contribution >= 4 is 11.6 Å². The molecule has 0 N–H and O–H groups in total. The summed E-state index contributed by atoms with van der Waals surface area (Å²) in [5.74, 6) is -0.125. The third-order valence-corrected chi connectivity index (χ3v) is 4.17. The molecule has 1 aromatic carbocycles. The van der Waals surface area contributed by atoms with Crippen molar-refractivity contribution in [2.24, 2.45) is 5.10 Å². The number of pyridine rings is 2. The Bertz CT molecular complexity index is 895. The Hall–Kier alpha value is -3.34. The van der Waals surface area contributed by atoms with Crippen LogP contribution in [0.15, 0.2) is 84.4 Å². The van der Waals surface area contributed by atoms with E-state index in [4.69, 9.17) is 0 Å². The fourth-order valence-electron chi connectivity index (χ4n) is 2.93. The molecule has 5 nitrogen and oxygen atoms in total. The zero-order valence-electron chi connectivity index (χ0n) is 13.5. The van der Waals surface area contributed by atoms with Crippen molar-refractivity contribution in [2.75, 3.05) is 0 Å². The average molecular weight is 328 g/mol. The number of rotatable bonds is 3. The van der Waals surface area contributed by atoms with Gasteiger partial charge in [-0.3, -0.25) is 14.8 Å². The van der Waals surface area contributed by atoms with E-state index in [-0.39, 0.29) is 11.9 Å². The number of nitrogens with zero attached hydrogens (tertiary/aromatic N) is 4. The summed E-state index contributed by atoms with van der Waals surface area (Å²) in [4.78, 5) is 21.5. The van der Waals surface area contributed by atoms with Crippen LogP contribution >= 0.6 is 0 Å². The molecule has 5 heteroatoms. The van der Waals surface area contributed by atoms with Crippen molar-refractivity contribution in [2.45, 2.75) is 12.5 Å². The van der Waals surface area contributed by atoms with Crippen molar-refractivity contribution in [1.82, 2.24) is 15.0 Å². The van der Waals surface area contributed by atoms with Crippen molar-refractivity contribution < 1.29 is 4.79 Å². The number of benzene rings is 1. The van der Waals surface area contributed by atoms with Gasteiger partial charge in [-0.25, -0.2) is 5.01 Å². The highest BCUT2D eigenvalue weighted by Gasteiger charge is 2.34. The fraction of sp³-hybridized carbons (Fsp3) is 0.100. The Balaban J connectivity index is 1.73. The topological polar surface area (TPSA) is 58.5 Å². The molecule has 0 spiro atoms. The molecule has 1 unspecified atom stereocenters. The SMILES string of the molecule is O=C(c1ccccc1)N1N=C(c2ccccn2)CC1c1cccnc1. The summed E-state index contributed by atoms with van der Waals surface area (Å²) in [6, 6.07) is 18.6. The van der Waals surface area contributed by atoms with Crippen LogP contribution in [0, 0.1) is 0 Å². The summed E-state index contributed by atoms with van der Waals surface area (Å²) in [6.45, 7) is 0. The summed E-state index contributed by atoms with van der Waals surface area (Å²) in [5, 5.41) is 6.15. The lowest BCUT2D eigenvalue weighted by molar-refractivity contribution is 0.0711. The second kappa shape index (κ2) is 6.65. The molecule has 2 aromatic heterocycles. The third kappa shape index (κ3) is 3.04. The van der Waals surface area contributed by atoms with Gasteiger partial charge in [0.2, 0.25) is 0 Å². The van der Waals surface area contributed by atoms with E-state index >= 15 is 0 Å². The highest BCUT2D eigenvalue weighted by Crippen LogP contribution is 2.33. The summed E-state index contributed by atoms with van der Waals surface area (Å²) >= 11 is 0. The number of carbonyl (C=O) groups excluding carboxylic acids is 1. The minimum absolute atomic E-state index is 0.125. The van der Waals surface area contributed by atoms with Crippen molar-refractivity contribution in [3.05, 3.63) is 96.1 Å². The summed E-state index contributed by atoms with van der Waals surface area (Å²) in [6.07, 6.45) is 5.86. The van der Waals surface area contributed by atoms with Crippen molar-refractivity contribution in [1.29, 1.82) is 0 Å². The van der Waals surface area contributed by atoms with Crippen LogP contribution in [0.4, 0.5) is 0 Å². The van der Waals surface area contributed by atoms with Gasteiger partial charge in [0.05, 0.1) is 17.4 Å². The molecule has 0 saturated heterocycles. The number of aromatic nitrogens is 2. The van der Waals surface area contributed by atoms with Crippen LogP contribution in [0.5, 0.6) is 0 Å². The molecule has 1 aliphatic rings. The number of amides is 1. The van der Waals surface area contributed by atoms with Crippen LogP contribution in [0.25, 0.3) is 0 Å². The Morgan fingerprint density at radius 1 is 0.960 bits per heavy atom. The van der Waals surface area contributed by atoms with E-state index in [9.17, 15) is 4.79 Å². The Kier molecular flexibility index (Phi) is 4.04. The minimum atomic E-state index is -0.182. The van der Waals surface area contributed by atoms with E-state index in [1.165, 1.54) is 0 Å². The highest BCUT2D eigenvalue weighted by atomic mass is 16.2. The second-order valence-corrected chi connectivity index (χ2v) is 5.78. The zero-order valence-corrected chi connectivity index (χ0v) is 13.5. The molecular weight excluding hydrogens is 312 g/mol. The first-order chi connectivity index (χ1) is 12.3. The molecule has 1 atom stereocenters. The second-order valence-electron chi connectivity index (χ2n) is 5.78. The lowest BCUT2D eigenvalue weighted by Gasteiger charge is -2.21. The summed E-state index contributed by atoms with van der Waals surface area (Å²) in [5.41, 5.74) is 3.17. The normalized spacial score (nSPS) is 16.6. The van der Waals surface area contributed by atoms with Gasteiger partial charge in [0.15, 0.2) is 0 Å². The van der Waals surface area contributed by atoms with Crippen LogP contribution in [0.2, 0.25) is 0 Å². The number of carbonyl (C=O) groups is 1. The van der Waals surface area contributed by atoms with Crippen molar-refractivity contribution in [3.63, 3.8) is 0 Å². The monoisotopic (exact) mass is 328 g/mol. The van der Waals surface area contributed by atoms with Crippen LogP contribution < -0.4 is 0 Å². The number of hydrogen-bond donors (Lipinski definition) is 0. The van der Waals surface area contributed by atoms with E-state index < -0.39 is 0 Å². The Morgan fingerprint density at radius 3 is 2.52 bits per heavy atom. The third-order valence-electron chi connectivity index (χ3n) is 4.17. The maximum Gasteiger partial charge on any atom is 0.274 e.